The zero-order chi connectivity index (χ0) is 23.2. The maximum atomic E-state index is 13.0. The van der Waals surface area contributed by atoms with Gasteiger partial charge in [0.25, 0.3) is 11.8 Å². The number of hydrogen-bond acceptors (Lipinski definition) is 6. The lowest BCUT2D eigenvalue weighted by Crippen LogP contribution is -2.33. The summed E-state index contributed by atoms with van der Waals surface area (Å²) in [6, 6.07) is 8.37. The van der Waals surface area contributed by atoms with Gasteiger partial charge in [0.1, 0.15) is 5.75 Å². The van der Waals surface area contributed by atoms with Crippen LogP contribution < -0.4 is 20.5 Å². The Bertz CT molecular complexity index is 969. The molecule has 2 rings (SSSR count). The topological polar surface area (TPSA) is 134 Å². The van der Waals surface area contributed by atoms with Gasteiger partial charge in [-0.2, -0.15) is 8.78 Å². The van der Waals surface area contributed by atoms with E-state index in [0.717, 1.165) is 18.2 Å². The number of nitrogens with one attached hydrogen (secondary N) is 1. The molecule has 0 radical (unpaired) electrons. The Morgan fingerprint density at radius 1 is 1.13 bits per heavy atom. The molecule has 0 spiro atoms. The van der Waals surface area contributed by atoms with Crippen molar-refractivity contribution in [1.29, 1.82) is 0 Å². The van der Waals surface area contributed by atoms with E-state index in [0.29, 0.717) is 5.75 Å². The minimum atomic E-state index is -4.50. The predicted molar refractivity (Wildman–Crippen MR) is 98.6 cm³/mol. The molecule has 0 atom stereocenters. The van der Waals surface area contributed by atoms with E-state index in [2.05, 4.69) is 10.1 Å². The van der Waals surface area contributed by atoms with E-state index in [1.54, 1.807) is 0 Å². The quantitative estimate of drug-likeness (QED) is 0.328. The third kappa shape index (κ3) is 6.55. The highest BCUT2D eigenvalue weighted by atomic mass is 19.3. The van der Waals surface area contributed by atoms with Crippen LogP contribution in [0.2, 0.25) is 0 Å². The number of amides is 2. The molecule has 0 aromatic heterocycles. The van der Waals surface area contributed by atoms with Crippen LogP contribution in [0.15, 0.2) is 42.5 Å². The maximum absolute atomic E-state index is 13.0. The van der Waals surface area contributed by atoms with Crippen molar-refractivity contribution in [3.63, 3.8) is 0 Å². The first-order valence-electron chi connectivity index (χ1n) is 8.39. The highest BCUT2D eigenvalue weighted by Crippen LogP contribution is 2.31. The van der Waals surface area contributed by atoms with E-state index < -0.39 is 47.1 Å². The van der Waals surface area contributed by atoms with Crippen LogP contribution in [0.5, 0.6) is 11.5 Å². The van der Waals surface area contributed by atoms with Crippen LogP contribution in [0.1, 0.15) is 10.4 Å². The lowest BCUT2D eigenvalue weighted by molar-refractivity contribution is -0.386. The van der Waals surface area contributed by atoms with Crippen molar-refractivity contribution in [2.75, 3.05) is 18.5 Å². The van der Waals surface area contributed by atoms with Crippen LogP contribution in [0.25, 0.3) is 0 Å². The van der Waals surface area contributed by atoms with Crippen molar-refractivity contribution in [2.45, 2.75) is 12.3 Å². The highest BCUT2D eigenvalue weighted by molar-refractivity contribution is 6.04. The molecule has 0 unspecified atom stereocenters. The lowest BCUT2D eigenvalue weighted by atomic mass is 10.1. The molecule has 31 heavy (non-hydrogen) atoms. The van der Waals surface area contributed by atoms with Gasteiger partial charge in [-0.05, 0) is 36.4 Å². The van der Waals surface area contributed by atoms with Gasteiger partial charge in [-0.25, -0.2) is 8.78 Å². The lowest BCUT2D eigenvalue weighted by Gasteiger charge is -2.16. The molecule has 166 valence electrons. The highest BCUT2D eigenvalue weighted by Gasteiger charge is 2.42. The zero-order valence-corrected chi connectivity index (χ0v) is 15.5. The number of nitrogens with zero attached hydrogens (tertiary/aromatic N) is 1. The van der Waals surface area contributed by atoms with Crippen molar-refractivity contribution in [2.24, 2.45) is 5.73 Å². The van der Waals surface area contributed by atoms with Crippen LogP contribution in [0, 0.1) is 10.1 Å². The Hall–Kier alpha value is -3.90. The van der Waals surface area contributed by atoms with E-state index >= 15 is 0 Å². The number of alkyl halides is 4. The molecule has 0 aliphatic heterocycles. The van der Waals surface area contributed by atoms with E-state index in [1.165, 1.54) is 24.3 Å². The fourth-order valence-corrected chi connectivity index (χ4v) is 2.15. The molecule has 0 saturated heterocycles. The molecule has 0 aliphatic carbocycles. The SMILES string of the molecule is NC(=O)COc1ccc(NC(=O)c2ccc(OCC(F)(F)C(F)F)c([N+](=O)[O-])c2)cc1. The summed E-state index contributed by atoms with van der Waals surface area (Å²) in [5.41, 5.74) is 4.16. The molecular weight excluding hydrogens is 430 g/mol. The van der Waals surface area contributed by atoms with E-state index in [9.17, 15) is 37.3 Å². The molecular formula is C18H15F4N3O6. The number of halogens is 4. The number of benzene rings is 2. The van der Waals surface area contributed by atoms with Crippen LogP contribution in [-0.2, 0) is 4.79 Å². The van der Waals surface area contributed by atoms with Crippen molar-refractivity contribution in [3.8, 4) is 11.5 Å². The molecule has 0 heterocycles. The molecule has 2 amide bonds. The summed E-state index contributed by atoms with van der Waals surface area (Å²) in [7, 11) is 0. The third-order valence-electron chi connectivity index (χ3n) is 3.65. The Labute approximate surface area is 171 Å². The van der Waals surface area contributed by atoms with Gasteiger partial charge < -0.3 is 20.5 Å². The van der Waals surface area contributed by atoms with Gasteiger partial charge in [0.15, 0.2) is 19.0 Å². The molecule has 0 bridgehead atoms. The van der Waals surface area contributed by atoms with Gasteiger partial charge in [-0.15, -0.1) is 0 Å². The average Bonchev–Trinajstić information content (AvgIpc) is 2.71. The minimum Gasteiger partial charge on any atom is -0.484 e. The summed E-state index contributed by atoms with van der Waals surface area (Å²) in [6.07, 6.45) is -4.01. The minimum absolute atomic E-state index is 0.214. The van der Waals surface area contributed by atoms with Crippen molar-refractivity contribution < 1.29 is 41.5 Å². The molecule has 0 aliphatic rings. The monoisotopic (exact) mass is 445 g/mol. The number of nitrogens with two attached hydrogens (primary N) is 1. The second-order valence-electron chi connectivity index (χ2n) is 6.02. The first-order chi connectivity index (χ1) is 14.5. The van der Waals surface area contributed by atoms with Gasteiger partial charge in [-0.3, -0.25) is 19.7 Å². The van der Waals surface area contributed by atoms with Crippen LogP contribution in [-0.4, -0.2) is 42.3 Å². The van der Waals surface area contributed by atoms with Crippen LogP contribution >= 0.6 is 0 Å². The second-order valence-corrected chi connectivity index (χ2v) is 6.02. The Balaban J connectivity index is 2.11. The number of nitro groups is 1. The first-order valence-corrected chi connectivity index (χ1v) is 8.39. The Morgan fingerprint density at radius 2 is 1.77 bits per heavy atom. The molecule has 2 aromatic carbocycles. The molecule has 0 fully saturated rings. The summed E-state index contributed by atoms with van der Waals surface area (Å²) in [5, 5.41) is 13.6. The molecule has 9 nitrogen and oxygen atoms in total. The van der Waals surface area contributed by atoms with Crippen LogP contribution in [0.4, 0.5) is 28.9 Å². The van der Waals surface area contributed by atoms with Crippen LogP contribution in [0.3, 0.4) is 0 Å². The van der Waals surface area contributed by atoms with Crippen molar-refractivity contribution in [1.82, 2.24) is 0 Å². The largest absolute Gasteiger partial charge is 0.484 e. The summed E-state index contributed by atoms with van der Waals surface area (Å²) in [5.74, 6) is -6.35. The van der Waals surface area contributed by atoms with Crippen molar-refractivity contribution in [3.05, 3.63) is 58.1 Å². The molecule has 13 heteroatoms. The predicted octanol–water partition coefficient (Wildman–Crippen LogP) is 2.99. The Kier molecular flexibility index (Phi) is 7.34. The van der Waals surface area contributed by atoms with Gasteiger partial charge in [-0.1, -0.05) is 0 Å². The number of rotatable bonds is 10. The van der Waals surface area contributed by atoms with Crippen molar-refractivity contribution >= 4 is 23.2 Å². The number of nitro benzene ring substituents is 1. The molecule has 3 N–H and O–H groups in total. The standard InChI is InChI=1S/C18H15F4N3O6/c19-17(20)18(21,22)9-31-14-6-1-10(7-13(14)25(28)29)16(27)24-11-2-4-12(5-3-11)30-8-15(23)26/h1-7,17H,8-9H2,(H2,23,26)(H,24,27). The van der Waals surface area contributed by atoms with E-state index in [-0.39, 0.29) is 17.9 Å². The fraction of sp³-hybridized carbons (Fsp3) is 0.222. The van der Waals surface area contributed by atoms with Gasteiger partial charge >= 0.3 is 18.0 Å². The second kappa shape index (κ2) is 9.73. The fourth-order valence-electron chi connectivity index (χ4n) is 2.15. The average molecular weight is 445 g/mol. The first kappa shape index (κ1) is 23.4. The van der Waals surface area contributed by atoms with Gasteiger partial charge in [0.2, 0.25) is 0 Å². The summed E-state index contributed by atoms with van der Waals surface area (Å²) < 4.78 is 59.9. The molecule has 0 saturated carbocycles. The number of carbonyl (C=O) groups excluding carboxylic acids is 2. The van der Waals surface area contributed by atoms with Gasteiger partial charge in [0.05, 0.1) is 4.92 Å². The number of hydrogen-bond donors (Lipinski definition) is 2. The zero-order valence-electron chi connectivity index (χ0n) is 15.5. The smallest absolute Gasteiger partial charge is 0.340 e. The number of carbonyl (C=O) groups is 2. The maximum Gasteiger partial charge on any atom is 0.340 e. The van der Waals surface area contributed by atoms with E-state index in [1.807, 2.05) is 0 Å². The Morgan fingerprint density at radius 3 is 2.32 bits per heavy atom. The number of ether oxygens (including phenoxy) is 2. The van der Waals surface area contributed by atoms with Gasteiger partial charge in [0, 0.05) is 17.3 Å². The normalized spacial score (nSPS) is 11.1. The number of primary amides is 1. The van der Waals surface area contributed by atoms with E-state index in [4.69, 9.17) is 10.5 Å². The molecule has 2 aromatic rings. The third-order valence-corrected chi connectivity index (χ3v) is 3.65. The summed E-state index contributed by atoms with van der Waals surface area (Å²) in [6.45, 7) is -2.12. The summed E-state index contributed by atoms with van der Waals surface area (Å²) in [4.78, 5) is 33.2. The number of anilines is 1. The summed E-state index contributed by atoms with van der Waals surface area (Å²) >= 11 is 0.